The number of benzene rings is 3. The molecular formula is C26H28N2O. The highest BCUT2D eigenvalue weighted by molar-refractivity contribution is 5.88. The van der Waals surface area contributed by atoms with Gasteiger partial charge in [0, 0.05) is 24.4 Å². The zero-order chi connectivity index (χ0) is 20.1. The number of hydrogen-bond acceptors (Lipinski definition) is 3. The molecule has 0 spiro atoms. The fraction of sp³-hybridized carbons (Fsp3) is 0.269. The molecule has 0 aromatic heterocycles. The van der Waals surface area contributed by atoms with Crippen molar-refractivity contribution in [2.45, 2.75) is 32.0 Å². The number of oxime groups is 1. The Kier molecular flexibility index (Phi) is 6.06. The highest BCUT2D eigenvalue weighted by atomic mass is 16.6. The van der Waals surface area contributed by atoms with Crippen molar-refractivity contribution in [3.05, 3.63) is 108 Å². The van der Waals surface area contributed by atoms with E-state index in [0.717, 1.165) is 17.7 Å². The number of piperidine rings is 1. The van der Waals surface area contributed by atoms with Crippen molar-refractivity contribution in [2.75, 3.05) is 7.05 Å². The maximum Gasteiger partial charge on any atom is 0.142 e. The van der Waals surface area contributed by atoms with E-state index in [-0.39, 0.29) is 18.0 Å². The van der Waals surface area contributed by atoms with E-state index in [1.165, 1.54) is 11.1 Å². The van der Waals surface area contributed by atoms with Crippen LogP contribution in [0.5, 0.6) is 0 Å². The van der Waals surface area contributed by atoms with Crippen LogP contribution in [0.4, 0.5) is 0 Å². The summed E-state index contributed by atoms with van der Waals surface area (Å²) in [5.41, 5.74) is 4.90. The van der Waals surface area contributed by atoms with E-state index in [0.29, 0.717) is 6.61 Å². The molecule has 148 valence electrons. The lowest BCUT2D eigenvalue weighted by atomic mass is 9.80. The van der Waals surface area contributed by atoms with Gasteiger partial charge in [-0.25, -0.2) is 0 Å². The average Bonchev–Trinajstić information content (AvgIpc) is 2.77. The highest BCUT2D eigenvalue weighted by Gasteiger charge is 2.38. The molecule has 0 aliphatic carbocycles. The van der Waals surface area contributed by atoms with E-state index in [1.807, 2.05) is 18.2 Å². The van der Waals surface area contributed by atoms with Crippen LogP contribution in [0.25, 0.3) is 0 Å². The van der Waals surface area contributed by atoms with Crippen molar-refractivity contribution in [2.24, 2.45) is 11.1 Å². The zero-order valence-corrected chi connectivity index (χ0v) is 17.1. The standard InChI is InChI=1S/C26H28N2O/c1-20-24(27-29-19-21-12-6-3-7-13-21)18-25(22-14-8-4-9-15-22)28(2)26(20)23-16-10-5-11-17-23/h3-17,20,25-26H,18-19H2,1-2H3/b27-24-. The molecule has 0 radical (unpaired) electrons. The third kappa shape index (κ3) is 4.41. The maximum atomic E-state index is 5.80. The Labute approximate surface area is 173 Å². The zero-order valence-electron chi connectivity index (χ0n) is 17.1. The second kappa shape index (κ2) is 9.06. The van der Waals surface area contributed by atoms with Crippen molar-refractivity contribution in [1.29, 1.82) is 0 Å². The molecule has 0 saturated carbocycles. The molecule has 3 aromatic rings. The van der Waals surface area contributed by atoms with Crippen LogP contribution >= 0.6 is 0 Å². The van der Waals surface area contributed by atoms with Gasteiger partial charge in [-0.05, 0) is 23.7 Å². The molecule has 4 rings (SSSR count). The summed E-state index contributed by atoms with van der Waals surface area (Å²) in [7, 11) is 2.23. The molecule has 3 atom stereocenters. The maximum absolute atomic E-state index is 5.80. The van der Waals surface area contributed by atoms with Gasteiger partial charge in [-0.1, -0.05) is 103 Å². The monoisotopic (exact) mass is 384 g/mol. The van der Waals surface area contributed by atoms with Gasteiger partial charge < -0.3 is 4.84 Å². The van der Waals surface area contributed by atoms with Crippen LogP contribution in [0, 0.1) is 5.92 Å². The molecule has 0 amide bonds. The molecule has 1 aliphatic rings. The van der Waals surface area contributed by atoms with E-state index in [1.54, 1.807) is 0 Å². The molecule has 3 heteroatoms. The van der Waals surface area contributed by atoms with Gasteiger partial charge in [-0.15, -0.1) is 0 Å². The van der Waals surface area contributed by atoms with Gasteiger partial charge in [0.25, 0.3) is 0 Å². The molecule has 1 heterocycles. The predicted molar refractivity (Wildman–Crippen MR) is 119 cm³/mol. The summed E-state index contributed by atoms with van der Waals surface area (Å²) in [6, 6.07) is 32.2. The minimum atomic E-state index is 0.259. The fourth-order valence-corrected chi connectivity index (χ4v) is 4.34. The Morgan fingerprint density at radius 3 is 2.00 bits per heavy atom. The molecular weight excluding hydrogens is 356 g/mol. The number of rotatable bonds is 5. The van der Waals surface area contributed by atoms with Gasteiger partial charge in [0.1, 0.15) is 6.61 Å². The number of hydrogen-bond donors (Lipinski definition) is 0. The first kappa shape index (κ1) is 19.4. The SMILES string of the molecule is CC1/C(=N\OCc2ccccc2)CC(c2ccccc2)N(C)C1c1ccccc1. The van der Waals surface area contributed by atoms with Crippen LogP contribution in [-0.2, 0) is 11.4 Å². The van der Waals surface area contributed by atoms with Gasteiger partial charge in [0.05, 0.1) is 5.71 Å². The molecule has 1 saturated heterocycles. The first-order valence-electron chi connectivity index (χ1n) is 10.3. The molecule has 3 nitrogen and oxygen atoms in total. The molecule has 3 unspecified atom stereocenters. The Morgan fingerprint density at radius 1 is 0.828 bits per heavy atom. The average molecular weight is 385 g/mol. The summed E-state index contributed by atoms with van der Waals surface area (Å²) in [5, 5.41) is 4.64. The third-order valence-electron chi connectivity index (χ3n) is 5.91. The van der Waals surface area contributed by atoms with Crippen LogP contribution in [0.3, 0.4) is 0 Å². The Bertz CT molecular complexity index is 925. The van der Waals surface area contributed by atoms with Crippen molar-refractivity contribution < 1.29 is 4.84 Å². The summed E-state index contributed by atoms with van der Waals surface area (Å²) in [5.74, 6) is 0.276. The van der Waals surface area contributed by atoms with Gasteiger partial charge in [-0.3, -0.25) is 4.90 Å². The summed E-state index contributed by atoms with van der Waals surface area (Å²) in [4.78, 5) is 8.29. The Balaban J connectivity index is 1.62. The molecule has 1 fully saturated rings. The molecule has 29 heavy (non-hydrogen) atoms. The van der Waals surface area contributed by atoms with E-state index in [4.69, 9.17) is 4.84 Å². The van der Waals surface area contributed by atoms with Crippen molar-refractivity contribution in [3.8, 4) is 0 Å². The first-order valence-corrected chi connectivity index (χ1v) is 10.3. The molecule has 1 aliphatic heterocycles. The molecule has 3 aromatic carbocycles. The van der Waals surface area contributed by atoms with Crippen LogP contribution < -0.4 is 0 Å². The Morgan fingerprint density at radius 2 is 1.38 bits per heavy atom. The topological polar surface area (TPSA) is 24.8 Å². The van der Waals surface area contributed by atoms with Gasteiger partial charge >= 0.3 is 0 Å². The second-order valence-electron chi connectivity index (χ2n) is 7.78. The van der Waals surface area contributed by atoms with E-state index < -0.39 is 0 Å². The van der Waals surface area contributed by atoms with E-state index in [9.17, 15) is 0 Å². The van der Waals surface area contributed by atoms with Crippen molar-refractivity contribution in [1.82, 2.24) is 4.90 Å². The Hall–Kier alpha value is -2.91. The van der Waals surface area contributed by atoms with Crippen LogP contribution in [-0.4, -0.2) is 17.7 Å². The second-order valence-corrected chi connectivity index (χ2v) is 7.78. The lowest BCUT2D eigenvalue weighted by molar-refractivity contribution is 0.105. The normalized spacial score (nSPS) is 23.8. The molecule has 0 N–H and O–H groups in total. The van der Waals surface area contributed by atoms with Crippen molar-refractivity contribution >= 4 is 5.71 Å². The summed E-state index contributed by atoms with van der Waals surface area (Å²) < 4.78 is 0. The lowest BCUT2D eigenvalue weighted by Crippen LogP contribution is -2.42. The van der Waals surface area contributed by atoms with Gasteiger partial charge in [0.15, 0.2) is 0 Å². The lowest BCUT2D eigenvalue weighted by Gasteiger charge is -2.44. The van der Waals surface area contributed by atoms with Gasteiger partial charge in [-0.2, -0.15) is 0 Å². The smallest absolute Gasteiger partial charge is 0.142 e. The summed E-state index contributed by atoms with van der Waals surface area (Å²) in [6.45, 7) is 2.76. The quantitative estimate of drug-likeness (QED) is 0.503. The fourth-order valence-electron chi connectivity index (χ4n) is 4.34. The van der Waals surface area contributed by atoms with E-state index in [2.05, 4.69) is 96.8 Å². The number of likely N-dealkylation sites (tertiary alicyclic amines) is 1. The largest absolute Gasteiger partial charge is 0.391 e. The summed E-state index contributed by atoms with van der Waals surface area (Å²) in [6.07, 6.45) is 0.875. The van der Waals surface area contributed by atoms with E-state index >= 15 is 0 Å². The third-order valence-corrected chi connectivity index (χ3v) is 5.91. The highest BCUT2D eigenvalue weighted by Crippen LogP contribution is 2.42. The molecule has 0 bridgehead atoms. The van der Waals surface area contributed by atoms with Crippen LogP contribution in [0.1, 0.15) is 42.1 Å². The minimum Gasteiger partial charge on any atom is -0.391 e. The van der Waals surface area contributed by atoms with Crippen LogP contribution in [0.15, 0.2) is 96.2 Å². The minimum absolute atomic E-state index is 0.259. The van der Waals surface area contributed by atoms with Crippen LogP contribution in [0.2, 0.25) is 0 Å². The first-order chi connectivity index (χ1) is 14.2. The number of nitrogens with zero attached hydrogens (tertiary/aromatic N) is 2. The summed E-state index contributed by atoms with van der Waals surface area (Å²) >= 11 is 0. The van der Waals surface area contributed by atoms with Crippen molar-refractivity contribution in [3.63, 3.8) is 0 Å². The predicted octanol–water partition coefficient (Wildman–Crippen LogP) is 6.01. The van der Waals surface area contributed by atoms with Gasteiger partial charge in [0.2, 0.25) is 0 Å².